The Morgan fingerprint density at radius 2 is 1.94 bits per heavy atom. The number of benzene rings is 2. The lowest BCUT2D eigenvalue weighted by atomic mass is 10.2. The van der Waals surface area contributed by atoms with Gasteiger partial charge >= 0.3 is 5.97 Å². The van der Waals surface area contributed by atoms with Gasteiger partial charge in [-0.05, 0) is 30.7 Å². The predicted octanol–water partition coefficient (Wildman–Crippen LogP) is 3.11. The van der Waals surface area contributed by atoms with Crippen LogP contribution >= 0.6 is 11.3 Å². The van der Waals surface area contributed by atoms with Crippen molar-refractivity contribution in [3.63, 3.8) is 0 Å². The lowest BCUT2D eigenvalue weighted by molar-refractivity contribution is -0.115. The van der Waals surface area contributed by atoms with Crippen LogP contribution in [0.3, 0.4) is 0 Å². The van der Waals surface area contributed by atoms with E-state index in [1.807, 2.05) is 0 Å². The Bertz CT molecular complexity index is 1290. The van der Waals surface area contributed by atoms with Crippen LogP contribution in [0.2, 0.25) is 0 Å². The van der Waals surface area contributed by atoms with Crippen LogP contribution in [0.4, 0.5) is 0 Å². The smallest absolute Gasteiger partial charge is 0.338 e. The summed E-state index contributed by atoms with van der Waals surface area (Å²) >= 11 is 1.20. The molecule has 9 heteroatoms. The number of nitrogens with zero attached hydrogens (tertiary/aromatic N) is 2. The standard InChI is InChI=1S/C22H22N2O5S2/c1-3-12-24-18-11-10-17(21(26)29-4-2)13-19(18)30-22(24)23-20(25)15-31(27,28)14-16-8-6-5-7-9-16/h3,5-11,13H,1,4,12,14-15H2,2H3. The summed E-state index contributed by atoms with van der Waals surface area (Å²) in [6.07, 6.45) is 1.65. The number of allylic oxidation sites excluding steroid dienone is 1. The van der Waals surface area contributed by atoms with E-state index < -0.39 is 27.5 Å². The van der Waals surface area contributed by atoms with Crippen LogP contribution < -0.4 is 4.80 Å². The molecule has 0 spiro atoms. The van der Waals surface area contributed by atoms with Crippen LogP contribution in [0.1, 0.15) is 22.8 Å². The minimum Gasteiger partial charge on any atom is -0.462 e. The minimum atomic E-state index is -3.66. The summed E-state index contributed by atoms with van der Waals surface area (Å²) in [6.45, 7) is 6.10. The van der Waals surface area contributed by atoms with Crippen LogP contribution in [0.25, 0.3) is 10.2 Å². The fourth-order valence-electron chi connectivity index (χ4n) is 3.01. The Morgan fingerprint density at radius 3 is 2.61 bits per heavy atom. The Labute approximate surface area is 184 Å². The second-order valence-corrected chi connectivity index (χ2v) is 9.78. The average molecular weight is 459 g/mol. The first-order valence-corrected chi connectivity index (χ1v) is 12.2. The van der Waals surface area contributed by atoms with E-state index in [1.165, 1.54) is 11.3 Å². The lowest BCUT2D eigenvalue weighted by Gasteiger charge is -2.04. The first-order valence-electron chi connectivity index (χ1n) is 9.56. The van der Waals surface area contributed by atoms with Gasteiger partial charge in [0.05, 0.1) is 28.1 Å². The number of carbonyl (C=O) groups is 2. The van der Waals surface area contributed by atoms with Crippen molar-refractivity contribution < 1.29 is 22.7 Å². The normalized spacial score (nSPS) is 12.1. The van der Waals surface area contributed by atoms with Gasteiger partial charge in [0.25, 0.3) is 5.91 Å². The Hall–Kier alpha value is -3.04. The summed E-state index contributed by atoms with van der Waals surface area (Å²) in [5, 5.41) is 0. The van der Waals surface area contributed by atoms with Gasteiger partial charge in [-0.25, -0.2) is 13.2 Å². The maximum atomic E-state index is 12.5. The van der Waals surface area contributed by atoms with Crippen molar-refractivity contribution in [1.82, 2.24) is 4.57 Å². The van der Waals surface area contributed by atoms with E-state index in [-0.39, 0.29) is 12.4 Å². The number of esters is 1. The molecular formula is C22H22N2O5S2. The fourth-order valence-corrected chi connectivity index (χ4v) is 5.35. The molecule has 0 aliphatic heterocycles. The zero-order chi connectivity index (χ0) is 22.4. The van der Waals surface area contributed by atoms with E-state index in [4.69, 9.17) is 4.74 Å². The number of rotatable bonds is 8. The average Bonchev–Trinajstić information content (AvgIpc) is 3.04. The number of hydrogen-bond donors (Lipinski definition) is 0. The molecule has 0 fully saturated rings. The van der Waals surface area contributed by atoms with Gasteiger partial charge in [-0.3, -0.25) is 4.79 Å². The highest BCUT2D eigenvalue weighted by Gasteiger charge is 2.18. The summed E-state index contributed by atoms with van der Waals surface area (Å²) in [5.41, 5.74) is 1.77. The predicted molar refractivity (Wildman–Crippen MR) is 120 cm³/mol. The van der Waals surface area contributed by atoms with Gasteiger partial charge in [0, 0.05) is 6.54 Å². The van der Waals surface area contributed by atoms with Gasteiger partial charge in [-0.1, -0.05) is 47.7 Å². The van der Waals surface area contributed by atoms with Gasteiger partial charge < -0.3 is 9.30 Å². The first-order chi connectivity index (χ1) is 14.8. The molecule has 0 aliphatic rings. The van der Waals surface area contributed by atoms with Crippen LogP contribution in [0.5, 0.6) is 0 Å². The molecule has 162 valence electrons. The van der Waals surface area contributed by atoms with E-state index in [9.17, 15) is 18.0 Å². The quantitative estimate of drug-likeness (QED) is 0.382. The highest BCUT2D eigenvalue weighted by atomic mass is 32.2. The van der Waals surface area contributed by atoms with Crippen molar-refractivity contribution in [3.8, 4) is 0 Å². The molecule has 1 heterocycles. The zero-order valence-electron chi connectivity index (χ0n) is 17.0. The molecular weight excluding hydrogens is 436 g/mol. The second kappa shape index (κ2) is 9.84. The molecule has 1 amide bonds. The summed E-state index contributed by atoms with van der Waals surface area (Å²) in [6, 6.07) is 13.7. The molecule has 0 atom stereocenters. The topological polar surface area (TPSA) is 94.8 Å². The highest BCUT2D eigenvalue weighted by Crippen LogP contribution is 2.20. The molecule has 3 aromatic rings. The number of carbonyl (C=O) groups excluding carboxylic acids is 2. The van der Waals surface area contributed by atoms with E-state index in [0.717, 1.165) is 10.2 Å². The third kappa shape index (κ3) is 5.77. The first kappa shape index (κ1) is 22.6. The second-order valence-electron chi connectivity index (χ2n) is 6.71. The van der Waals surface area contributed by atoms with Crippen molar-refractivity contribution in [2.75, 3.05) is 12.4 Å². The fraction of sp³-hybridized carbons (Fsp3) is 0.227. The van der Waals surface area contributed by atoms with Crippen molar-refractivity contribution in [2.45, 2.75) is 19.2 Å². The van der Waals surface area contributed by atoms with Gasteiger partial charge in [0.1, 0.15) is 5.75 Å². The highest BCUT2D eigenvalue weighted by molar-refractivity contribution is 7.91. The molecule has 0 saturated heterocycles. The molecule has 7 nitrogen and oxygen atoms in total. The molecule has 0 radical (unpaired) electrons. The number of thiazole rings is 1. The van der Waals surface area contributed by atoms with Crippen LogP contribution in [0.15, 0.2) is 66.2 Å². The summed E-state index contributed by atoms with van der Waals surface area (Å²) in [7, 11) is -3.66. The van der Waals surface area contributed by atoms with Crippen LogP contribution in [0, 0.1) is 0 Å². The largest absolute Gasteiger partial charge is 0.462 e. The molecule has 0 unspecified atom stereocenters. The van der Waals surface area contributed by atoms with Gasteiger partial charge in [-0.15, -0.1) is 6.58 Å². The third-order valence-electron chi connectivity index (χ3n) is 4.30. The summed E-state index contributed by atoms with van der Waals surface area (Å²) in [5.74, 6) is -2.09. The van der Waals surface area contributed by atoms with Crippen LogP contribution in [-0.2, 0) is 31.7 Å². The lowest BCUT2D eigenvalue weighted by Crippen LogP contribution is -2.21. The Balaban J connectivity index is 1.92. The Morgan fingerprint density at radius 1 is 1.19 bits per heavy atom. The molecule has 0 N–H and O–H groups in total. The van der Waals surface area contributed by atoms with Gasteiger partial charge in [0.2, 0.25) is 0 Å². The molecule has 1 aromatic heterocycles. The van der Waals surface area contributed by atoms with Crippen molar-refractivity contribution in [1.29, 1.82) is 0 Å². The van der Waals surface area contributed by atoms with Crippen molar-refractivity contribution >= 4 is 43.3 Å². The molecule has 0 bridgehead atoms. The number of aromatic nitrogens is 1. The van der Waals surface area contributed by atoms with Gasteiger partial charge in [-0.2, -0.15) is 4.99 Å². The zero-order valence-corrected chi connectivity index (χ0v) is 18.6. The molecule has 3 rings (SSSR count). The van der Waals surface area contributed by atoms with E-state index in [2.05, 4.69) is 11.6 Å². The van der Waals surface area contributed by atoms with Crippen LogP contribution in [-0.4, -0.2) is 37.2 Å². The molecule has 2 aromatic carbocycles. The minimum absolute atomic E-state index is 0.225. The number of fused-ring (bicyclic) bond motifs is 1. The van der Waals surface area contributed by atoms with E-state index in [1.54, 1.807) is 66.1 Å². The molecule has 0 aliphatic carbocycles. The molecule has 31 heavy (non-hydrogen) atoms. The number of hydrogen-bond acceptors (Lipinski definition) is 6. The number of ether oxygens (including phenoxy) is 1. The van der Waals surface area contributed by atoms with Crippen molar-refractivity contribution in [3.05, 3.63) is 77.1 Å². The monoisotopic (exact) mass is 458 g/mol. The van der Waals surface area contributed by atoms with E-state index in [0.29, 0.717) is 22.5 Å². The summed E-state index contributed by atoms with van der Waals surface area (Å²) in [4.78, 5) is 28.9. The Kier molecular flexibility index (Phi) is 7.19. The van der Waals surface area contributed by atoms with E-state index >= 15 is 0 Å². The maximum absolute atomic E-state index is 12.5. The maximum Gasteiger partial charge on any atom is 0.338 e. The van der Waals surface area contributed by atoms with Crippen molar-refractivity contribution in [2.24, 2.45) is 4.99 Å². The third-order valence-corrected chi connectivity index (χ3v) is 6.80. The molecule has 0 saturated carbocycles. The SMILES string of the molecule is C=CCn1c(=NC(=O)CS(=O)(=O)Cc2ccccc2)sc2cc(C(=O)OCC)ccc21. The number of amides is 1. The van der Waals surface area contributed by atoms with Gasteiger partial charge in [0.15, 0.2) is 14.6 Å². The number of sulfone groups is 1. The summed E-state index contributed by atoms with van der Waals surface area (Å²) < 4.78 is 32.3.